The third-order valence-electron chi connectivity index (χ3n) is 5.90. The number of likely N-dealkylation sites (tertiary alicyclic amines) is 1. The van der Waals surface area contributed by atoms with Gasteiger partial charge < -0.3 is 20.9 Å². The summed E-state index contributed by atoms with van der Waals surface area (Å²) in [5.74, 6) is 1.23. The van der Waals surface area contributed by atoms with Gasteiger partial charge in [-0.2, -0.15) is 0 Å². The first kappa shape index (κ1) is 24.9. The van der Waals surface area contributed by atoms with E-state index in [1.54, 1.807) is 0 Å². The van der Waals surface area contributed by atoms with Gasteiger partial charge in [-0.25, -0.2) is 4.99 Å². The lowest BCUT2D eigenvalue weighted by Crippen LogP contribution is -2.48. The maximum absolute atomic E-state index is 12.2. The Balaban J connectivity index is 0.00000320. The lowest BCUT2D eigenvalue weighted by atomic mass is 9.85. The number of hydrogen-bond acceptors (Lipinski definition) is 3. The molecule has 1 amide bonds. The molecule has 30 heavy (non-hydrogen) atoms. The van der Waals surface area contributed by atoms with Gasteiger partial charge in [0.1, 0.15) is 0 Å². The van der Waals surface area contributed by atoms with E-state index in [1.807, 2.05) is 18.2 Å². The van der Waals surface area contributed by atoms with Crippen LogP contribution in [-0.4, -0.2) is 49.0 Å². The highest BCUT2D eigenvalue weighted by Gasteiger charge is 2.25. The minimum Gasteiger partial charge on any atom is -0.357 e. The predicted molar refractivity (Wildman–Crippen MR) is 136 cm³/mol. The summed E-state index contributed by atoms with van der Waals surface area (Å²) < 4.78 is 0. The van der Waals surface area contributed by atoms with Crippen LogP contribution in [0.25, 0.3) is 0 Å². The summed E-state index contributed by atoms with van der Waals surface area (Å²) in [4.78, 5) is 19.5. The van der Waals surface area contributed by atoms with Crippen molar-refractivity contribution in [3.8, 4) is 0 Å². The zero-order chi connectivity index (χ0) is 20.5. The van der Waals surface area contributed by atoms with Crippen molar-refractivity contribution in [3.05, 3.63) is 29.8 Å². The molecule has 1 aromatic rings. The zero-order valence-corrected chi connectivity index (χ0v) is 20.8. The standard InChI is InChI=1S/C23H37N5O.HI/c1-3-13-28-14-11-20(12-15-28)27-23(24-4-2)25-17-18-7-5-10-21(16-18)26-22(29)19-8-6-9-19;/h5,7,10,16,19-20H,3-4,6,8-9,11-15,17H2,1-2H3,(H,26,29)(H2,24,25,27);1H. The van der Waals surface area contributed by atoms with Crippen molar-refractivity contribution in [2.24, 2.45) is 10.9 Å². The van der Waals surface area contributed by atoms with Gasteiger partial charge in [0.25, 0.3) is 0 Å². The fourth-order valence-corrected chi connectivity index (χ4v) is 3.96. The van der Waals surface area contributed by atoms with Crippen LogP contribution >= 0.6 is 24.0 Å². The van der Waals surface area contributed by atoms with Gasteiger partial charge >= 0.3 is 0 Å². The molecule has 0 aromatic heterocycles. The summed E-state index contributed by atoms with van der Waals surface area (Å²) in [6.07, 6.45) is 6.75. The Morgan fingerprint density at radius 3 is 2.57 bits per heavy atom. The number of aliphatic imine (C=N–C) groups is 1. The first-order valence-corrected chi connectivity index (χ1v) is 11.3. The molecule has 0 atom stereocenters. The summed E-state index contributed by atoms with van der Waals surface area (Å²) >= 11 is 0. The maximum Gasteiger partial charge on any atom is 0.227 e. The second kappa shape index (κ2) is 13.1. The van der Waals surface area contributed by atoms with Gasteiger partial charge in [-0.05, 0) is 63.3 Å². The molecular formula is C23H38IN5O. The molecule has 1 saturated carbocycles. The summed E-state index contributed by atoms with van der Waals surface area (Å²) in [6.45, 7) is 9.30. The highest BCUT2D eigenvalue weighted by molar-refractivity contribution is 14.0. The smallest absolute Gasteiger partial charge is 0.227 e. The Labute approximate surface area is 198 Å². The van der Waals surface area contributed by atoms with Crippen molar-refractivity contribution >= 4 is 41.5 Å². The summed E-state index contributed by atoms with van der Waals surface area (Å²) in [5, 5.41) is 10.0. The van der Waals surface area contributed by atoms with Gasteiger partial charge in [0.05, 0.1) is 6.54 Å². The Morgan fingerprint density at radius 1 is 1.17 bits per heavy atom. The van der Waals surface area contributed by atoms with Crippen LogP contribution in [0.4, 0.5) is 5.69 Å². The average Bonchev–Trinajstić information content (AvgIpc) is 2.67. The first-order valence-electron chi connectivity index (χ1n) is 11.3. The number of amides is 1. The number of anilines is 1. The van der Waals surface area contributed by atoms with Crippen molar-refractivity contribution in [1.82, 2.24) is 15.5 Å². The van der Waals surface area contributed by atoms with Crippen LogP contribution in [0, 0.1) is 5.92 Å². The number of nitrogens with zero attached hydrogens (tertiary/aromatic N) is 2. The number of guanidine groups is 1. The molecule has 2 fully saturated rings. The third-order valence-corrected chi connectivity index (χ3v) is 5.90. The van der Waals surface area contributed by atoms with Crippen LogP contribution in [0.1, 0.15) is 57.9 Å². The Kier molecular flexibility index (Phi) is 10.9. The van der Waals surface area contributed by atoms with Gasteiger partial charge in [0, 0.05) is 37.3 Å². The van der Waals surface area contributed by atoms with E-state index in [2.05, 4.69) is 40.8 Å². The van der Waals surface area contributed by atoms with Crippen molar-refractivity contribution in [1.29, 1.82) is 0 Å². The second-order valence-corrected chi connectivity index (χ2v) is 8.27. The number of carbonyl (C=O) groups excluding carboxylic acids is 1. The van der Waals surface area contributed by atoms with Crippen LogP contribution in [0.5, 0.6) is 0 Å². The molecule has 1 aliphatic carbocycles. The van der Waals surface area contributed by atoms with Gasteiger partial charge in [0.2, 0.25) is 5.91 Å². The van der Waals surface area contributed by atoms with E-state index < -0.39 is 0 Å². The minimum atomic E-state index is 0. The molecule has 1 aromatic carbocycles. The third kappa shape index (κ3) is 7.72. The van der Waals surface area contributed by atoms with E-state index >= 15 is 0 Å². The minimum absolute atomic E-state index is 0. The van der Waals surface area contributed by atoms with E-state index in [1.165, 1.54) is 19.4 Å². The van der Waals surface area contributed by atoms with E-state index in [4.69, 9.17) is 4.99 Å². The van der Waals surface area contributed by atoms with Crippen LogP contribution in [0.2, 0.25) is 0 Å². The number of halogens is 1. The molecular weight excluding hydrogens is 489 g/mol. The van der Waals surface area contributed by atoms with Crippen LogP contribution < -0.4 is 16.0 Å². The molecule has 3 N–H and O–H groups in total. The second-order valence-electron chi connectivity index (χ2n) is 8.27. The van der Waals surface area contributed by atoms with Crippen molar-refractivity contribution in [2.75, 3.05) is 31.5 Å². The molecule has 3 rings (SSSR count). The number of hydrogen-bond donors (Lipinski definition) is 3. The summed E-state index contributed by atoms with van der Waals surface area (Å²) in [5.41, 5.74) is 1.97. The fraction of sp³-hybridized carbons (Fsp3) is 0.652. The molecule has 0 bridgehead atoms. The highest BCUT2D eigenvalue weighted by atomic mass is 127. The number of carbonyl (C=O) groups is 1. The van der Waals surface area contributed by atoms with Crippen LogP contribution in [-0.2, 0) is 11.3 Å². The van der Waals surface area contributed by atoms with E-state index in [-0.39, 0.29) is 35.8 Å². The number of nitrogens with one attached hydrogen (secondary N) is 3. The number of rotatable bonds is 8. The lowest BCUT2D eigenvalue weighted by molar-refractivity contribution is -0.122. The molecule has 1 aliphatic heterocycles. The molecule has 0 unspecified atom stereocenters. The Hall–Kier alpha value is -1.35. The predicted octanol–water partition coefficient (Wildman–Crippen LogP) is 3.97. The molecule has 2 aliphatic rings. The van der Waals surface area contributed by atoms with Crippen LogP contribution in [0.15, 0.2) is 29.3 Å². The van der Waals surface area contributed by atoms with Crippen molar-refractivity contribution in [2.45, 2.75) is 65.0 Å². The quantitative estimate of drug-likeness (QED) is 0.272. The lowest BCUT2D eigenvalue weighted by Gasteiger charge is -2.32. The number of piperidine rings is 1. The SMILES string of the molecule is CCCN1CCC(NC(=NCc2cccc(NC(=O)C3CCC3)c2)NCC)CC1.I. The van der Waals surface area contributed by atoms with E-state index in [0.29, 0.717) is 12.6 Å². The van der Waals surface area contributed by atoms with E-state index in [9.17, 15) is 4.79 Å². The summed E-state index contributed by atoms with van der Waals surface area (Å²) in [7, 11) is 0. The van der Waals surface area contributed by atoms with Gasteiger partial charge in [-0.3, -0.25) is 4.79 Å². The van der Waals surface area contributed by atoms with Gasteiger partial charge in [0.15, 0.2) is 5.96 Å². The molecule has 0 radical (unpaired) electrons. The first-order chi connectivity index (χ1) is 14.2. The summed E-state index contributed by atoms with van der Waals surface area (Å²) in [6, 6.07) is 8.53. The van der Waals surface area contributed by atoms with E-state index in [0.717, 1.165) is 62.5 Å². The topological polar surface area (TPSA) is 68.8 Å². The largest absolute Gasteiger partial charge is 0.357 e. The Morgan fingerprint density at radius 2 is 1.93 bits per heavy atom. The van der Waals surface area contributed by atoms with Gasteiger partial charge in [-0.15, -0.1) is 24.0 Å². The fourth-order valence-electron chi connectivity index (χ4n) is 3.96. The van der Waals surface area contributed by atoms with Crippen molar-refractivity contribution < 1.29 is 4.79 Å². The molecule has 168 valence electrons. The maximum atomic E-state index is 12.2. The normalized spacial score (nSPS) is 18.3. The molecule has 0 spiro atoms. The Bertz CT molecular complexity index is 684. The van der Waals surface area contributed by atoms with Gasteiger partial charge in [-0.1, -0.05) is 25.5 Å². The monoisotopic (exact) mass is 527 g/mol. The molecule has 7 heteroatoms. The molecule has 1 heterocycles. The highest BCUT2D eigenvalue weighted by Crippen LogP contribution is 2.27. The molecule has 1 saturated heterocycles. The average molecular weight is 527 g/mol. The number of benzene rings is 1. The van der Waals surface area contributed by atoms with Crippen molar-refractivity contribution in [3.63, 3.8) is 0 Å². The van der Waals surface area contributed by atoms with Crippen LogP contribution in [0.3, 0.4) is 0 Å². The molecule has 6 nitrogen and oxygen atoms in total. The zero-order valence-electron chi connectivity index (χ0n) is 18.5.